The van der Waals surface area contributed by atoms with Crippen LogP contribution in [0.25, 0.3) is 0 Å². The van der Waals surface area contributed by atoms with Gasteiger partial charge in [-0.2, -0.15) is 0 Å². The molecule has 3 nitrogen and oxygen atoms in total. The van der Waals surface area contributed by atoms with E-state index in [0.29, 0.717) is 12.7 Å². The van der Waals surface area contributed by atoms with E-state index in [9.17, 15) is 0 Å². The molecule has 0 bridgehead atoms. The third-order valence-corrected chi connectivity index (χ3v) is 4.05. The zero-order valence-electron chi connectivity index (χ0n) is 13.4. The largest absolute Gasteiger partial charge is 0.468 e. The zero-order valence-corrected chi connectivity index (χ0v) is 13.4. The second-order valence-corrected chi connectivity index (χ2v) is 7.17. The summed E-state index contributed by atoms with van der Waals surface area (Å²) in [6.45, 7) is 10.3. The van der Waals surface area contributed by atoms with Gasteiger partial charge < -0.3 is 14.5 Å². The van der Waals surface area contributed by atoms with Gasteiger partial charge in [0, 0.05) is 11.1 Å². The van der Waals surface area contributed by atoms with Crippen molar-refractivity contribution in [2.24, 2.45) is 5.92 Å². The Balaban J connectivity index is 1.80. The summed E-state index contributed by atoms with van der Waals surface area (Å²) in [5, 5.41) is 3.46. The van der Waals surface area contributed by atoms with Crippen LogP contribution in [0, 0.1) is 5.92 Å². The summed E-state index contributed by atoms with van der Waals surface area (Å²) in [6, 6.07) is 2.03. The molecule has 0 unspecified atom stereocenters. The first kappa shape index (κ1) is 15.6. The summed E-state index contributed by atoms with van der Waals surface area (Å²) in [7, 11) is 0. The van der Waals surface area contributed by atoms with Crippen LogP contribution in [0.15, 0.2) is 16.7 Å². The first-order valence-electron chi connectivity index (χ1n) is 7.86. The Kier molecular flexibility index (Phi) is 5.28. The average molecular weight is 279 g/mol. The molecule has 0 aromatic carbocycles. The predicted molar refractivity (Wildman–Crippen MR) is 81.5 cm³/mol. The van der Waals surface area contributed by atoms with Gasteiger partial charge in [-0.25, -0.2) is 0 Å². The van der Waals surface area contributed by atoms with E-state index >= 15 is 0 Å². The van der Waals surface area contributed by atoms with Gasteiger partial charge in [-0.1, -0.05) is 6.92 Å². The van der Waals surface area contributed by atoms with Crippen molar-refractivity contribution in [2.75, 3.05) is 0 Å². The van der Waals surface area contributed by atoms with Crippen LogP contribution < -0.4 is 5.32 Å². The lowest BCUT2D eigenvalue weighted by atomic mass is 9.89. The van der Waals surface area contributed by atoms with E-state index in [1.807, 2.05) is 6.07 Å². The second kappa shape index (κ2) is 6.77. The highest BCUT2D eigenvalue weighted by Gasteiger charge is 2.19. The van der Waals surface area contributed by atoms with Gasteiger partial charge in [0.25, 0.3) is 0 Å². The molecule has 1 aromatic rings. The standard InChI is InChI=1S/C17H29NO2/c1-13-5-7-15(8-6-13)20-12-14-9-10-19-16(14)11-18-17(2,3)4/h9-10,13,15,18H,5-8,11-12H2,1-4H3. The molecule has 0 saturated heterocycles. The van der Waals surface area contributed by atoms with E-state index in [4.69, 9.17) is 9.15 Å². The fourth-order valence-corrected chi connectivity index (χ4v) is 2.60. The molecule has 1 aliphatic carbocycles. The molecule has 1 heterocycles. The second-order valence-electron chi connectivity index (χ2n) is 7.17. The number of nitrogens with one attached hydrogen (secondary N) is 1. The molecule has 20 heavy (non-hydrogen) atoms. The average Bonchev–Trinajstić information content (AvgIpc) is 2.82. The fourth-order valence-electron chi connectivity index (χ4n) is 2.60. The van der Waals surface area contributed by atoms with Crippen LogP contribution in [0.5, 0.6) is 0 Å². The number of rotatable bonds is 5. The van der Waals surface area contributed by atoms with E-state index in [1.54, 1.807) is 6.26 Å². The third-order valence-electron chi connectivity index (χ3n) is 4.05. The molecule has 1 fully saturated rings. The summed E-state index contributed by atoms with van der Waals surface area (Å²) < 4.78 is 11.6. The van der Waals surface area contributed by atoms with Gasteiger partial charge in [-0.15, -0.1) is 0 Å². The molecule has 1 saturated carbocycles. The van der Waals surface area contributed by atoms with Crippen molar-refractivity contribution >= 4 is 0 Å². The number of hydrogen-bond donors (Lipinski definition) is 1. The molecule has 0 aliphatic heterocycles. The Hall–Kier alpha value is -0.800. The quantitative estimate of drug-likeness (QED) is 0.874. The summed E-state index contributed by atoms with van der Waals surface area (Å²) in [5.74, 6) is 1.87. The van der Waals surface area contributed by atoms with Crippen molar-refractivity contribution in [3.63, 3.8) is 0 Å². The van der Waals surface area contributed by atoms with Gasteiger partial charge in [0.2, 0.25) is 0 Å². The fraction of sp³-hybridized carbons (Fsp3) is 0.765. The van der Waals surface area contributed by atoms with Crippen LogP contribution in [-0.2, 0) is 17.9 Å². The molecule has 1 aromatic heterocycles. The van der Waals surface area contributed by atoms with E-state index < -0.39 is 0 Å². The molecule has 0 spiro atoms. The van der Waals surface area contributed by atoms with Gasteiger partial charge in [0.05, 0.1) is 25.5 Å². The normalized spacial score (nSPS) is 24.0. The monoisotopic (exact) mass is 279 g/mol. The van der Waals surface area contributed by atoms with Crippen LogP contribution in [0.2, 0.25) is 0 Å². The van der Waals surface area contributed by atoms with E-state index in [2.05, 4.69) is 33.0 Å². The summed E-state index contributed by atoms with van der Waals surface area (Å²) >= 11 is 0. The Morgan fingerprint density at radius 3 is 2.60 bits per heavy atom. The lowest BCUT2D eigenvalue weighted by Crippen LogP contribution is -2.35. The summed E-state index contributed by atoms with van der Waals surface area (Å²) in [5.41, 5.74) is 1.28. The van der Waals surface area contributed by atoms with Gasteiger partial charge >= 0.3 is 0 Å². The van der Waals surface area contributed by atoms with Crippen molar-refractivity contribution in [1.29, 1.82) is 0 Å². The Morgan fingerprint density at radius 2 is 1.95 bits per heavy atom. The first-order chi connectivity index (χ1) is 9.44. The smallest absolute Gasteiger partial charge is 0.123 e. The highest BCUT2D eigenvalue weighted by molar-refractivity contribution is 5.16. The first-order valence-corrected chi connectivity index (χ1v) is 7.86. The minimum atomic E-state index is 0.102. The Bertz CT molecular complexity index is 397. The molecule has 0 radical (unpaired) electrons. The maximum Gasteiger partial charge on any atom is 0.123 e. The predicted octanol–water partition coefficient (Wildman–Crippen LogP) is 4.26. The molecule has 2 rings (SSSR count). The van der Waals surface area contributed by atoms with Gasteiger partial charge in [0.1, 0.15) is 5.76 Å². The molecule has 0 amide bonds. The molecular weight excluding hydrogens is 250 g/mol. The summed E-state index contributed by atoms with van der Waals surface area (Å²) in [4.78, 5) is 0. The van der Waals surface area contributed by atoms with Crippen molar-refractivity contribution in [2.45, 2.75) is 78.2 Å². The maximum absolute atomic E-state index is 6.06. The van der Waals surface area contributed by atoms with Crippen LogP contribution in [0.4, 0.5) is 0 Å². The highest BCUT2D eigenvalue weighted by Crippen LogP contribution is 2.26. The van der Waals surface area contributed by atoms with Crippen LogP contribution >= 0.6 is 0 Å². The molecule has 0 atom stereocenters. The lowest BCUT2D eigenvalue weighted by molar-refractivity contribution is 0.00811. The highest BCUT2D eigenvalue weighted by atomic mass is 16.5. The van der Waals surface area contributed by atoms with Crippen molar-refractivity contribution < 1.29 is 9.15 Å². The van der Waals surface area contributed by atoms with E-state index in [1.165, 1.54) is 31.2 Å². The SMILES string of the molecule is CC1CCC(OCc2ccoc2CNC(C)(C)C)CC1. The van der Waals surface area contributed by atoms with Crippen molar-refractivity contribution in [1.82, 2.24) is 5.32 Å². The minimum Gasteiger partial charge on any atom is -0.468 e. The topological polar surface area (TPSA) is 34.4 Å². The Labute approximate surface area is 123 Å². The molecule has 114 valence electrons. The van der Waals surface area contributed by atoms with Gasteiger partial charge in [-0.05, 0) is 58.4 Å². The number of hydrogen-bond acceptors (Lipinski definition) is 3. The maximum atomic E-state index is 6.06. The number of furan rings is 1. The molecule has 1 N–H and O–H groups in total. The lowest BCUT2D eigenvalue weighted by Gasteiger charge is -2.26. The van der Waals surface area contributed by atoms with E-state index in [0.717, 1.165) is 18.2 Å². The van der Waals surface area contributed by atoms with Gasteiger partial charge in [0.15, 0.2) is 0 Å². The number of ether oxygens (including phenoxy) is 1. The molecule has 1 aliphatic rings. The van der Waals surface area contributed by atoms with Crippen LogP contribution in [-0.4, -0.2) is 11.6 Å². The molecule has 3 heteroatoms. The Morgan fingerprint density at radius 1 is 1.25 bits per heavy atom. The van der Waals surface area contributed by atoms with Crippen LogP contribution in [0.3, 0.4) is 0 Å². The van der Waals surface area contributed by atoms with Gasteiger partial charge in [-0.3, -0.25) is 0 Å². The van der Waals surface area contributed by atoms with Crippen molar-refractivity contribution in [3.8, 4) is 0 Å². The zero-order chi connectivity index (χ0) is 14.6. The third kappa shape index (κ3) is 4.95. The van der Waals surface area contributed by atoms with Crippen LogP contribution in [0.1, 0.15) is 64.7 Å². The summed E-state index contributed by atoms with van der Waals surface area (Å²) in [6.07, 6.45) is 7.21. The minimum absolute atomic E-state index is 0.102. The molecular formula is C17H29NO2. The van der Waals surface area contributed by atoms with Crippen molar-refractivity contribution in [3.05, 3.63) is 23.7 Å². The van der Waals surface area contributed by atoms with E-state index in [-0.39, 0.29) is 5.54 Å².